The fourth-order valence-electron chi connectivity index (χ4n) is 2.18. The molecular weight excluding hydrogens is 218 g/mol. The van der Waals surface area contributed by atoms with E-state index in [-0.39, 0.29) is 12.5 Å². The summed E-state index contributed by atoms with van der Waals surface area (Å²) in [5.41, 5.74) is 1.61. The van der Waals surface area contributed by atoms with Crippen LogP contribution in [-0.2, 0) is 15.0 Å². The fourth-order valence-corrected chi connectivity index (χ4v) is 2.18. The minimum Gasteiger partial charge on any atom is -0.480 e. The van der Waals surface area contributed by atoms with E-state index in [1.54, 1.807) is 0 Å². The first-order valence-corrected chi connectivity index (χ1v) is 5.62. The van der Waals surface area contributed by atoms with E-state index in [0.717, 1.165) is 24.0 Å². The number of hydrogen-bond donors (Lipinski definition) is 2. The van der Waals surface area contributed by atoms with Gasteiger partial charge in [-0.3, -0.25) is 9.59 Å². The summed E-state index contributed by atoms with van der Waals surface area (Å²) in [5.74, 6) is -1.19. The van der Waals surface area contributed by atoms with Crippen molar-refractivity contribution in [3.05, 3.63) is 35.4 Å². The van der Waals surface area contributed by atoms with Gasteiger partial charge in [-0.2, -0.15) is 0 Å². The molecule has 0 saturated heterocycles. The largest absolute Gasteiger partial charge is 0.480 e. The zero-order valence-corrected chi connectivity index (χ0v) is 9.69. The number of benzene rings is 1. The maximum absolute atomic E-state index is 12.0. The lowest BCUT2D eigenvalue weighted by atomic mass is 9.91. The number of rotatable bonds is 4. The van der Waals surface area contributed by atoms with Crippen LogP contribution < -0.4 is 5.32 Å². The van der Waals surface area contributed by atoms with E-state index in [1.165, 1.54) is 0 Å². The van der Waals surface area contributed by atoms with Crippen molar-refractivity contribution >= 4 is 11.9 Å². The summed E-state index contributed by atoms with van der Waals surface area (Å²) in [6.45, 7) is 1.66. The number of amides is 1. The summed E-state index contributed by atoms with van der Waals surface area (Å²) in [7, 11) is 0. The van der Waals surface area contributed by atoms with Crippen LogP contribution in [0.4, 0.5) is 0 Å². The highest BCUT2D eigenvalue weighted by Crippen LogP contribution is 2.49. The van der Waals surface area contributed by atoms with Gasteiger partial charge in [-0.25, -0.2) is 0 Å². The molecule has 0 atom stereocenters. The molecule has 0 bridgehead atoms. The average molecular weight is 233 g/mol. The summed E-state index contributed by atoms with van der Waals surface area (Å²) < 4.78 is 0. The number of aliphatic carboxylic acids is 1. The van der Waals surface area contributed by atoms with Crippen molar-refractivity contribution in [1.29, 1.82) is 0 Å². The third-order valence-corrected chi connectivity index (χ3v) is 3.25. The number of carbonyl (C=O) groups is 2. The van der Waals surface area contributed by atoms with Gasteiger partial charge in [-0.05, 0) is 30.9 Å². The summed E-state index contributed by atoms with van der Waals surface area (Å²) in [5, 5.41) is 11.0. The highest BCUT2D eigenvalue weighted by atomic mass is 16.4. The molecule has 1 amide bonds. The van der Waals surface area contributed by atoms with Crippen molar-refractivity contribution in [2.75, 3.05) is 6.54 Å². The third-order valence-electron chi connectivity index (χ3n) is 3.25. The molecule has 2 rings (SSSR count). The lowest BCUT2D eigenvalue weighted by Crippen LogP contribution is -2.38. The second kappa shape index (κ2) is 4.20. The molecule has 0 aliphatic heterocycles. The first-order valence-electron chi connectivity index (χ1n) is 5.62. The Morgan fingerprint density at radius 2 is 2.00 bits per heavy atom. The smallest absolute Gasteiger partial charge is 0.322 e. The van der Waals surface area contributed by atoms with Crippen LogP contribution >= 0.6 is 0 Å². The van der Waals surface area contributed by atoms with Crippen molar-refractivity contribution in [2.24, 2.45) is 0 Å². The van der Waals surface area contributed by atoms with Crippen molar-refractivity contribution in [1.82, 2.24) is 5.32 Å². The van der Waals surface area contributed by atoms with E-state index >= 15 is 0 Å². The highest BCUT2D eigenvalue weighted by molar-refractivity contribution is 5.93. The zero-order valence-electron chi connectivity index (χ0n) is 9.69. The van der Waals surface area contributed by atoms with E-state index in [0.29, 0.717) is 0 Å². The Balaban J connectivity index is 2.17. The SMILES string of the molecule is Cc1ccccc1C1(C(=O)NCC(=O)O)CC1. The van der Waals surface area contributed by atoms with E-state index in [9.17, 15) is 9.59 Å². The van der Waals surface area contributed by atoms with Gasteiger partial charge in [0.2, 0.25) is 5.91 Å². The van der Waals surface area contributed by atoms with E-state index in [1.807, 2.05) is 31.2 Å². The van der Waals surface area contributed by atoms with Gasteiger partial charge >= 0.3 is 5.97 Å². The van der Waals surface area contributed by atoms with Crippen molar-refractivity contribution in [3.63, 3.8) is 0 Å². The summed E-state index contributed by atoms with van der Waals surface area (Å²) in [6.07, 6.45) is 1.59. The van der Waals surface area contributed by atoms with E-state index in [4.69, 9.17) is 5.11 Å². The molecule has 1 aromatic carbocycles. The van der Waals surface area contributed by atoms with Crippen LogP contribution in [0.5, 0.6) is 0 Å². The molecule has 90 valence electrons. The van der Waals surface area contributed by atoms with Crippen LogP contribution in [0.3, 0.4) is 0 Å². The van der Waals surface area contributed by atoms with Crippen LogP contribution in [-0.4, -0.2) is 23.5 Å². The molecule has 0 heterocycles. The minimum absolute atomic E-state index is 0.172. The molecule has 0 spiro atoms. The zero-order chi connectivity index (χ0) is 12.5. The number of hydrogen-bond acceptors (Lipinski definition) is 2. The topological polar surface area (TPSA) is 66.4 Å². The van der Waals surface area contributed by atoms with Gasteiger partial charge in [0.1, 0.15) is 6.54 Å². The van der Waals surface area contributed by atoms with Gasteiger partial charge in [0.15, 0.2) is 0 Å². The molecule has 0 unspecified atom stereocenters. The summed E-state index contributed by atoms with van der Waals surface area (Å²) >= 11 is 0. The number of nitrogens with one attached hydrogen (secondary N) is 1. The third kappa shape index (κ3) is 2.16. The average Bonchev–Trinajstić information content (AvgIpc) is 3.07. The Hall–Kier alpha value is -1.84. The predicted octanol–water partition coefficient (Wildman–Crippen LogP) is 1.23. The predicted molar refractivity (Wildman–Crippen MR) is 62.7 cm³/mol. The molecule has 17 heavy (non-hydrogen) atoms. The number of carboxylic acid groups (broad SMARTS) is 1. The lowest BCUT2D eigenvalue weighted by Gasteiger charge is -2.17. The maximum Gasteiger partial charge on any atom is 0.322 e. The first-order chi connectivity index (χ1) is 8.06. The van der Waals surface area contributed by atoms with E-state index in [2.05, 4.69) is 5.32 Å². The van der Waals surface area contributed by atoms with Crippen LogP contribution in [0.25, 0.3) is 0 Å². The molecule has 4 heteroatoms. The van der Waals surface area contributed by atoms with E-state index < -0.39 is 11.4 Å². The fraction of sp³-hybridized carbons (Fsp3) is 0.385. The molecule has 1 saturated carbocycles. The van der Waals surface area contributed by atoms with Crippen LogP contribution in [0, 0.1) is 6.92 Å². The number of carbonyl (C=O) groups excluding carboxylic acids is 1. The molecule has 4 nitrogen and oxygen atoms in total. The molecule has 2 N–H and O–H groups in total. The number of carboxylic acids is 1. The van der Waals surface area contributed by atoms with Crippen LogP contribution in [0.2, 0.25) is 0 Å². The summed E-state index contributed by atoms with van der Waals surface area (Å²) in [4.78, 5) is 22.4. The Bertz CT molecular complexity index is 463. The van der Waals surface area contributed by atoms with Gasteiger partial charge in [-0.15, -0.1) is 0 Å². The second-order valence-corrected chi connectivity index (χ2v) is 4.47. The van der Waals surface area contributed by atoms with Gasteiger partial charge in [-0.1, -0.05) is 24.3 Å². The van der Waals surface area contributed by atoms with Crippen molar-refractivity contribution < 1.29 is 14.7 Å². The second-order valence-electron chi connectivity index (χ2n) is 4.47. The molecule has 1 aromatic rings. The van der Waals surface area contributed by atoms with Gasteiger partial charge in [0, 0.05) is 0 Å². The molecule has 1 aliphatic rings. The Labute approximate surface area is 99.6 Å². The normalized spacial score (nSPS) is 16.3. The van der Waals surface area contributed by atoms with Crippen molar-refractivity contribution in [2.45, 2.75) is 25.2 Å². The van der Waals surface area contributed by atoms with Gasteiger partial charge < -0.3 is 10.4 Å². The minimum atomic E-state index is -1.01. The highest BCUT2D eigenvalue weighted by Gasteiger charge is 2.51. The lowest BCUT2D eigenvalue weighted by molar-refractivity contribution is -0.138. The van der Waals surface area contributed by atoms with Crippen LogP contribution in [0.15, 0.2) is 24.3 Å². The van der Waals surface area contributed by atoms with Crippen molar-refractivity contribution in [3.8, 4) is 0 Å². The molecule has 1 aliphatic carbocycles. The number of aryl methyl sites for hydroxylation is 1. The Morgan fingerprint density at radius 3 is 2.53 bits per heavy atom. The Kier molecular flexibility index (Phi) is 2.88. The monoisotopic (exact) mass is 233 g/mol. The first kappa shape index (κ1) is 11.6. The molecular formula is C13H15NO3. The molecule has 1 fully saturated rings. The van der Waals surface area contributed by atoms with Gasteiger partial charge in [0.25, 0.3) is 0 Å². The van der Waals surface area contributed by atoms with Gasteiger partial charge in [0.05, 0.1) is 5.41 Å². The summed E-state index contributed by atoms with van der Waals surface area (Å²) in [6, 6.07) is 7.76. The molecule has 0 aromatic heterocycles. The molecule has 0 radical (unpaired) electrons. The Morgan fingerprint density at radius 1 is 1.35 bits per heavy atom. The standard InChI is InChI=1S/C13H15NO3/c1-9-4-2-3-5-10(9)13(6-7-13)12(17)14-8-11(15)16/h2-5H,6-8H2,1H3,(H,14,17)(H,15,16). The van der Waals surface area contributed by atoms with Crippen LogP contribution in [0.1, 0.15) is 24.0 Å². The quantitative estimate of drug-likeness (QED) is 0.822. The maximum atomic E-state index is 12.0.